The Kier molecular flexibility index (Phi) is 75.7. The quantitative estimate of drug-likeness (QED) is 0.0146. The highest BCUT2D eigenvalue weighted by molar-refractivity contribution is 7.47. The molecule has 0 fully saturated rings. The first-order chi connectivity index (χ1) is 52.2. The number of phosphoric ester groups is 2. The van der Waals surface area contributed by atoms with Crippen LogP contribution in [-0.4, -0.2) is 95.9 Å². The van der Waals surface area contributed by atoms with E-state index in [9.17, 15) is 43.5 Å². The molecule has 16 nitrogen and oxygen atoms in total. The van der Waals surface area contributed by atoms with Crippen LogP contribution in [0.2, 0.25) is 0 Å². The number of esters is 3. The molecule has 0 spiro atoms. The van der Waals surface area contributed by atoms with Crippen molar-refractivity contribution in [2.24, 2.45) is 0 Å². The van der Waals surface area contributed by atoms with Crippen molar-refractivity contribution in [3.05, 3.63) is 194 Å². The molecule has 5 unspecified atom stereocenters. The number of carbonyl (C=O) groups excluding carboxylic acids is 3. The van der Waals surface area contributed by atoms with Crippen molar-refractivity contribution < 1.29 is 75.8 Å². The molecule has 0 aromatic carbocycles. The summed E-state index contributed by atoms with van der Waals surface area (Å²) >= 11 is 0. The summed E-state index contributed by atoms with van der Waals surface area (Å²) in [5.74, 6) is -1.66. The number of unbranched alkanes of at least 4 members (excludes halogenated alkanes) is 20. The molecule has 107 heavy (non-hydrogen) atoms. The summed E-state index contributed by atoms with van der Waals surface area (Å²) in [5, 5.41) is 20.7. The minimum Gasteiger partial charge on any atom is -0.463 e. The Labute approximate surface area is 648 Å². The SMILES string of the molecule is CC/C=C\C/C=C\C/C=C\C/C=C\C/C=C\C/C=C\CCCCC(=O)OCC(COP(=O)(O)OCC(O)COP(=O)(O)OCC(O)COC(=O)CCCCCCCCCCCCCCC/C=C\C/C=C\C/C=C\C/C=C\C/C=C\CC)OC(=O)CCCCCCC/C=C\C/C=C\C/C=C\C/C=C\C/C=C\CC. The maximum absolute atomic E-state index is 13.0. The number of phosphoric acid groups is 2. The average Bonchev–Trinajstić information content (AvgIpc) is 0.929. The van der Waals surface area contributed by atoms with Gasteiger partial charge in [0.15, 0.2) is 6.10 Å². The Balaban J connectivity index is 4.68. The molecule has 0 radical (unpaired) electrons. The molecule has 0 bridgehead atoms. The van der Waals surface area contributed by atoms with Crippen molar-refractivity contribution in [3.8, 4) is 0 Å². The first-order valence-corrected chi connectivity index (χ1v) is 43.7. The van der Waals surface area contributed by atoms with Gasteiger partial charge in [-0.05, 0) is 161 Å². The van der Waals surface area contributed by atoms with Gasteiger partial charge in [-0.3, -0.25) is 32.5 Å². The number of aliphatic hydroxyl groups is 2. The molecular weight excluding hydrogens is 1390 g/mol. The van der Waals surface area contributed by atoms with Crippen LogP contribution in [0.4, 0.5) is 0 Å². The number of ether oxygens (including phenoxy) is 3. The van der Waals surface area contributed by atoms with E-state index in [4.69, 9.17) is 32.3 Å². The zero-order chi connectivity index (χ0) is 78.0. The summed E-state index contributed by atoms with van der Waals surface area (Å²) in [6.07, 6.45) is 105. The molecule has 18 heteroatoms. The Morgan fingerprint density at radius 1 is 0.262 bits per heavy atom. The molecule has 0 saturated carbocycles. The van der Waals surface area contributed by atoms with Crippen LogP contribution in [0.1, 0.15) is 290 Å². The minimum absolute atomic E-state index is 0.0644. The van der Waals surface area contributed by atoms with Gasteiger partial charge in [-0.1, -0.05) is 305 Å². The van der Waals surface area contributed by atoms with E-state index in [0.717, 1.165) is 173 Å². The van der Waals surface area contributed by atoms with Gasteiger partial charge in [0.2, 0.25) is 0 Å². The molecule has 4 N–H and O–H groups in total. The fourth-order valence-electron chi connectivity index (χ4n) is 10.2. The van der Waals surface area contributed by atoms with Gasteiger partial charge in [-0.25, -0.2) is 9.13 Å². The van der Waals surface area contributed by atoms with E-state index >= 15 is 0 Å². The monoisotopic (exact) mass is 1530 g/mol. The highest BCUT2D eigenvalue weighted by atomic mass is 31.2. The second-order valence-corrected chi connectivity index (χ2v) is 29.3. The number of hydrogen-bond donors (Lipinski definition) is 4. The van der Waals surface area contributed by atoms with Crippen LogP contribution >= 0.6 is 15.6 Å². The summed E-state index contributed by atoms with van der Waals surface area (Å²) in [6.45, 7) is 2.25. The number of aliphatic hydroxyl groups excluding tert-OH is 2. The van der Waals surface area contributed by atoms with Gasteiger partial charge in [0.05, 0.1) is 26.4 Å². The van der Waals surface area contributed by atoms with Crippen molar-refractivity contribution in [1.29, 1.82) is 0 Å². The standard InChI is InChI=1S/C89H144O16P2/c1-4-7-10-13-16-19-22-25-28-31-34-37-38-39-40-41-42-43-44-47-49-51-54-57-60-63-66-69-72-75-87(92)99-78-84(90)79-101-106(95,96)102-80-85(91)81-103-107(97,98)104-83-86(105-89(94)77-74-71-68-65-62-59-56-53-50-46-36-33-30-27-24-21-18-15-12-9-6-3)82-100-88(93)76-73-70-67-64-61-58-55-52-48-45-35-32-29-26-23-20-17-14-11-8-5-2/h7-12,16-21,25-30,34-37,39-40,45-46,52-53,55-56,61,64,84-86,90-91H,4-6,13-15,22-24,31-33,38,41-44,47-51,54,57-60,62-63,65-83H2,1-3H3,(H,95,96)(H,97,98)/b10-7-,11-8-,12-9-,19-16-,20-17-,21-18-,28-25-,29-26-,30-27-,37-34-,40-39-,45-35-,46-36-,55-52-,56-53-,64-61-. The molecule has 0 aliphatic rings. The summed E-state index contributed by atoms with van der Waals surface area (Å²) in [6, 6.07) is 0. The smallest absolute Gasteiger partial charge is 0.463 e. The van der Waals surface area contributed by atoms with Gasteiger partial charge >= 0.3 is 33.6 Å². The lowest BCUT2D eigenvalue weighted by Gasteiger charge is -2.21. The maximum Gasteiger partial charge on any atom is 0.472 e. The minimum atomic E-state index is -4.96. The highest BCUT2D eigenvalue weighted by Gasteiger charge is 2.29. The van der Waals surface area contributed by atoms with Gasteiger partial charge < -0.3 is 34.2 Å². The number of allylic oxidation sites excluding steroid dienone is 32. The fourth-order valence-corrected chi connectivity index (χ4v) is 11.8. The predicted molar refractivity (Wildman–Crippen MR) is 444 cm³/mol. The maximum atomic E-state index is 13.0. The van der Waals surface area contributed by atoms with Gasteiger partial charge in [0.1, 0.15) is 25.4 Å². The lowest BCUT2D eigenvalue weighted by molar-refractivity contribution is -0.161. The van der Waals surface area contributed by atoms with Crippen LogP contribution in [0.25, 0.3) is 0 Å². The first-order valence-electron chi connectivity index (χ1n) is 40.7. The molecule has 606 valence electrons. The summed E-state index contributed by atoms with van der Waals surface area (Å²) < 4.78 is 61.2. The van der Waals surface area contributed by atoms with Crippen LogP contribution in [0, 0.1) is 0 Å². The topological polar surface area (TPSA) is 231 Å². The van der Waals surface area contributed by atoms with Gasteiger partial charge in [0, 0.05) is 19.3 Å². The normalized spacial score (nSPS) is 14.9. The van der Waals surface area contributed by atoms with E-state index in [2.05, 4.69) is 215 Å². The second-order valence-electron chi connectivity index (χ2n) is 26.4. The average molecular weight is 1530 g/mol. The van der Waals surface area contributed by atoms with Crippen LogP contribution in [0.5, 0.6) is 0 Å². The molecule has 0 rings (SSSR count). The van der Waals surface area contributed by atoms with E-state index in [1.807, 2.05) is 0 Å². The Hall–Kier alpha value is -5.61. The van der Waals surface area contributed by atoms with Crippen LogP contribution in [0.3, 0.4) is 0 Å². The number of carbonyl (C=O) groups is 3. The largest absolute Gasteiger partial charge is 0.472 e. The first kappa shape index (κ1) is 101. The summed E-state index contributed by atoms with van der Waals surface area (Å²) in [5.41, 5.74) is 0. The Morgan fingerprint density at radius 2 is 0.467 bits per heavy atom. The Morgan fingerprint density at radius 3 is 0.757 bits per heavy atom. The zero-order valence-electron chi connectivity index (χ0n) is 66.2. The van der Waals surface area contributed by atoms with Crippen LogP contribution in [-0.2, 0) is 55.8 Å². The van der Waals surface area contributed by atoms with Crippen molar-refractivity contribution in [1.82, 2.24) is 0 Å². The molecular formula is C89H144O16P2. The third-order valence-corrected chi connectivity index (χ3v) is 18.2. The van der Waals surface area contributed by atoms with Gasteiger partial charge in [-0.2, -0.15) is 0 Å². The van der Waals surface area contributed by atoms with Crippen molar-refractivity contribution >= 4 is 33.6 Å². The van der Waals surface area contributed by atoms with Crippen LogP contribution < -0.4 is 0 Å². The van der Waals surface area contributed by atoms with Gasteiger partial charge in [-0.15, -0.1) is 0 Å². The number of rotatable bonds is 75. The zero-order valence-corrected chi connectivity index (χ0v) is 68.0. The lowest BCUT2D eigenvalue weighted by Crippen LogP contribution is -2.30. The Bertz CT molecular complexity index is 2720. The fraction of sp³-hybridized carbons (Fsp3) is 0.607. The van der Waals surface area contributed by atoms with E-state index < -0.39 is 91.5 Å². The third kappa shape index (κ3) is 81.2. The van der Waals surface area contributed by atoms with E-state index in [-0.39, 0.29) is 19.3 Å². The van der Waals surface area contributed by atoms with E-state index in [1.54, 1.807) is 0 Å². The molecule has 0 aromatic rings. The van der Waals surface area contributed by atoms with Crippen LogP contribution in [0.15, 0.2) is 194 Å². The highest BCUT2D eigenvalue weighted by Crippen LogP contribution is 2.45. The molecule has 0 aliphatic carbocycles. The molecule has 0 heterocycles. The van der Waals surface area contributed by atoms with E-state index in [0.29, 0.717) is 19.3 Å². The predicted octanol–water partition coefficient (Wildman–Crippen LogP) is 24.3. The molecule has 0 saturated heterocycles. The van der Waals surface area contributed by atoms with Crippen molar-refractivity contribution in [2.75, 3.05) is 39.6 Å². The second kappa shape index (κ2) is 79.9. The molecule has 0 amide bonds. The number of hydrogen-bond acceptors (Lipinski definition) is 14. The van der Waals surface area contributed by atoms with Crippen molar-refractivity contribution in [3.63, 3.8) is 0 Å². The van der Waals surface area contributed by atoms with E-state index in [1.165, 1.54) is 57.8 Å². The summed E-state index contributed by atoms with van der Waals surface area (Å²) in [4.78, 5) is 58.8. The van der Waals surface area contributed by atoms with Crippen molar-refractivity contribution in [2.45, 2.75) is 309 Å². The lowest BCUT2D eigenvalue weighted by atomic mass is 10.0. The molecule has 0 aliphatic heterocycles. The third-order valence-electron chi connectivity index (χ3n) is 16.3. The molecule has 0 aromatic heterocycles. The summed E-state index contributed by atoms with van der Waals surface area (Å²) in [7, 11) is -9.83. The van der Waals surface area contributed by atoms with Gasteiger partial charge in [0.25, 0.3) is 0 Å². The molecule has 5 atom stereocenters.